The predicted octanol–water partition coefficient (Wildman–Crippen LogP) is 0.840. The number of aromatic nitrogens is 1. The Hall–Kier alpha value is -1.18. The van der Waals surface area contributed by atoms with Crippen molar-refractivity contribution in [3.05, 3.63) is 16.1 Å². The van der Waals surface area contributed by atoms with Crippen LogP contribution in [0.2, 0.25) is 0 Å². The molecule has 0 saturated carbocycles. The van der Waals surface area contributed by atoms with E-state index in [2.05, 4.69) is 20.2 Å². The summed E-state index contributed by atoms with van der Waals surface area (Å²) >= 11 is 1.73. The van der Waals surface area contributed by atoms with Crippen molar-refractivity contribution in [2.45, 2.75) is 13.5 Å². The van der Waals surface area contributed by atoms with Gasteiger partial charge in [-0.3, -0.25) is 9.74 Å². The number of piperazine rings is 1. The quantitative estimate of drug-likeness (QED) is 0.827. The Balaban J connectivity index is 1.78. The van der Waals surface area contributed by atoms with Gasteiger partial charge in [0.1, 0.15) is 0 Å². The molecule has 1 aliphatic rings. The molecule has 2 heterocycles. The van der Waals surface area contributed by atoms with E-state index in [1.54, 1.807) is 16.2 Å². The fourth-order valence-electron chi connectivity index (χ4n) is 1.96. The zero-order valence-electron chi connectivity index (χ0n) is 10.7. The molecule has 0 radical (unpaired) electrons. The number of nitrogens with one attached hydrogen (secondary N) is 1. The third-order valence-electron chi connectivity index (χ3n) is 2.90. The fraction of sp³-hybridized carbons (Fsp3) is 0.636. The average Bonchev–Trinajstić information content (AvgIpc) is 2.76. The first kappa shape index (κ1) is 13.3. The van der Waals surface area contributed by atoms with E-state index >= 15 is 0 Å². The first-order chi connectivity index (χ1) is 8.69. The molecule has 0 aliphatic carbocycles. The molecule has 2 rings (SSSR count). The SMILES string of the molecule is CONC(=O)N1CCN(Cc2cnc(C)s2)CC1. The molecule has 100 valence electrons. The first-order valence-electron chi connectivity index (χ1n) is 5.90. The standard InChI is InChI=1S/C11H18N4O2S/c1-9-12-7-10(18-9)8-14-3-5-15(6-4-14)11(16)13-17-2/h7H,3-6,8H2,1-2H3,(H,13,16). The summed E-state index contributed by atoms with van der Waals surface area (Å²) < 4.78 is 0. The maximum Gasteiger partial charge on any atom is 0.341 e. The van der Waals surface area contributed by atoms with Crippen LogP contribution in [-0.4, -0.2) is 54.1 Å². The highest BCUT2D eigenvalue weighted by Crippen LogP contribution is 2.15. The molecule has 0 unspecified atom stereocenters. The van der Waals surface area contributed by atoms with E-state index in [-0.39, 0.29) is 6.03 Å². The minimum Gasteiger partial charge on any atom is -0.320 e. The lowest BCUT2D eigenvalue weighted by molar-refractivity contribution is 0.0716. The average molecular weight is 270 g/mol. The lowest BCUT2D eigenvalue weighted by Gasteiger charge is -2.34. The van der Waals surface area contributed by atoms with Gasteiger partial charge in [0, 0.05) is 43.8 Å². The summed E-state index contributed by atoms with van der Waals surface area (Å²) in [4.78, 5) is 25.8. The van der Waals surface area contributed by atoms with Crippen molar-refractivity contribution in [1.82, 2.24) is 20.3 Å². The van der Waals surface area contributed by atoms with Crippen LogP contribution in [0, 0.1) is 6.92 Å². The Kier molecular flexibility index (Phi) is 4.51. The lowest BCUT2D eigenvalue weighted by atomic mass is 10.3. The third-order valence-corrected chi connectivity index (χ3v) is 3.79. The molecule has 0 aromatic carbocycles. The molecule has 1 aromatic heterocycles. The Morgan fingerprint density at radius 2 is 2.22 bits per heavy atom. The Bertz CT molecular complexity index is 402. The van der Waals surface area contributed by atoms with Gasteiger partial charge in [-0.1, -0.05) is 0 Å². The monoisotopic (exact) mass is 270 g/mol. The van der Waals surface area contributed by atoms with Crippen molar-refractivity contribution in [3.8, 4) is 0 Å². The van der Waals surface area contributed by atoms with Crippen molar-refractivity contribution in [3.63, 3.8) is 0 Å². The molecule has 0 bridgehead atoms. The van der Waals surface area contributed by atoms with E-state index in [1.807, 2.05) is 13.1 Å². The van der Waals surface area contributed by atoms with Crippen LogP contribution < -0.4 is 5.48 Å². The number of rotatable bonds is 3. The van der Waals surface area contributed by atoms with Gasteiger partial charge in [0.2, 0.25) is 0 Å². The summed E-state index contributed by atoms with van der Waals surface area (Å²) in [6, 6.07) is -0.161. The molecule has 1 N–H and O–H groups in total. The molecule has 1 aromatic rings. The number of thiazole rings is 1. The number of carbonyl (C=O) groups is 1. The summed E-state index contributed by atoms with van der Waals surface area (Å²) in [6.07, 6.45) is 1.93. The maximum atomic E-state index is 11.5. The predicted molar refractivity (Wildman–Crippen MR) is 69.2 cm³/mol. The number of nitrogens with zero attached hydrogens (tertiary/aromatic N) is 3. The van der Waals surface area contributed by atoms with E-state index in [9.17, 15) is 4.79 Å². The van der Waals surface area contributed by atoms with Crippen LogP contribution in [0.5, 0.6) is 0 Å². The third kappa shape index (κ3) is 3.41. The maximum absolute atomic E-state index is 11.5. The molecule has 1 saturated heterocycles. The minimum atomic E-state index is -0.161. The minimum absolute atomic E-state index is 0.161. The fourth-order valence-corrected chi connectivity index (χ4v) is 2.80. The molecular formula is C11H18N4O2S. The Labute approximate surface area is 111 Å². The van der Waals surface area contributed by atoms with Crippen LogP contribution in [0.1, 0.15) is 9.88 Å². The van der Waals surface area contributed by atoms with Gasteiger partial charge in [0.15, 0.2) is 0 Å². The zero-order chi connectivity index (χ0) is 13.0. The van der Waals surface area contributed by atoms with Gasteiger partial charge in [-0.05, 0) is 6.92 Å². The Morgan fingerprint density at radius 1 is 1.50 bits per heavy atom. The van der Waals surface area contributed by atoms with Crippen molar-refractivity contribution < 1.29 is 9.63 Å². The van der Waals surface area contributed by atoms with Gasteiger partial charge in [-0.2, -0.15) is 0 Å². The van der Waals surface area contributed by atoms with Crippen LogP contribution in [0.15, 0.2) is 6.20 Å². The van der Waals surface area contributed by atoms with Gasteiger partial charge in [-0.15, -0.1) is 11.3 Å². The zero-order valence-corrected chi connectivity index (χ0v) is 11.5. The number of aryl methyl sites for hydroxylation is 1. The largest absolute Gasteiger partial charge is 0.341 e. The van der Waals surface area contributed by atoms with E-state index < -0.39 is 0 Å². The van der Waals surface area contributed by atoms with Crippen LogP contribution in [0.3, 0.4) is 0 Å². The highest BCUT2D eigenvalue weighted by atomic mass is 32.1. The molecule has 18 heavy (non-hydrogen) atoms. The van der Waals surface area contributed by atoms with E-state index in [1.165, 1.54) is 12.0 Å². The highest BCUT2D eigenvalue weighted by Gasteiger charge is 2.21. The molecule has 0 spiro atoms. The number of hydroxylamine groups is 1. The van der Waals surface area contributed by atoms with Gasteiger partial charge in [0.25, 0.3) is 0 Å². The van der Waals surface area contributed by atoms with Crippen molar-refractivity contribution >= 4 is 17.4 Å². The van der Waals surface area contributed by atoms with Gasteiger partial charge in [-0.25, -0.2) is 15.3 Å². The second kappa shape index (κ2) is 6.12. The summed E-state index contributed by atoms with van der Waals surface area (Å²) in [5.41, 5.74) is 2.34. The highest BCUT2D eigenvalue weighted by molar-refractivity contribution is 7.11. The van der Waals surface area contributed by atoms with Gasteiger partial charge in [0.05, 0.1) is 12.1 Å². The Morgan fingerprint density at radius 3 is 2.78 bits per heavy atom. The van der Waals surface area contributed by atoms with E-state index in [0.717, 1.165) is 37.7 Å². The van der Waals surface area contributed by atoms with Crippen LogP contribution in [-0.2, 0) is 11.4 Å². The van der Waals surface area contributed by atoms with E-state index in [0.29, 0.717) is 0 Å². The van der Waals surface area contributed by atoms with E-state index in [4.69, 9.17) is 0 Å². The summed E-state index contributed by atoms with van der Waals surface area (Å²) in [5, 5.41) is 1.10. The summed E-state index contributed by atoms with van der Waals surface area (Å²) in [6.45, 7) is 6.16. The first-order valence-corrected chi connectivity index (χ1v) is 6.72. The lowest BCUT2D eigenvalue weighted by Crippen LogP contribution is -2.51. The summed E-state index contributed by atoms with van der Waals surface area (Å²) in [5.74, 6) is 0. The van der Waals surface area contributed by atoms with Crippen molar-refractivity contribution in [2.75, 3.05) is 33.3 Å². The van der Waals surface area contributed by atoms with Crippen LogP contribution in [0.25, 0.3) is 0 Å². The molecule has 1 aliphatic heterocycles. The van der Waals surface area contributed by atoms with Crippen LogP contribution in [0.4, 0.5) is 4.79 Å². The molecular weight excluding hydrogens is 252 g/mol. The number of carbonyl (C=O) groups excluding carboxylic acids is 1. The number of hydrogen-bond acceptors (Lipinski definition) is 5. The molecule has 1 fully saturated rings. The number of amides is 2. The van der Waals surface area contributed by atoms with Crippen molar-refractivity contribution in [2.24, 2.45) is 0 Å². The second-order valence-corrected chi connectivity index (χ2v) is 5.54. The van der Waals surface area contributed by atoms with Crippen LogP contribution >= 0.6 is 11.3 Å². The normalized spacial score (nSPS) is 16.9. The molecule has 2 amide bonds. The van der Waals surface area contributed by atoms with Gasteiger partial charge >= 0.3 is 6.03 Å². The van der Waals surface area contributed by atoms with Gasteiger partial charge < -0.3 is 4.90 Å². The topological polar surface area (TPSA) is 57.7 Å². The summed E-state index contributed by atoms with van der Waals surface area (Å²) in [7, 11) is 1.44. The smallest absolute Gasteiger partial charge is 0.320 e. The second-order valence-electron chi connectivity index (χ2n) is 4.22. The van der Waals surface area contributed by atoms with Crippen molar-refractivity contribution in [1.29, 1.82) is 0 Å². The number of hydrogen-bond donors (Lipinski definition) is 1. The molecule has 6 nitrogen and oxygen atoms in total. The molecule has 7 heteroatoms. The number of urea groups is 1. The molecule has 0 atom stereocenters.